The van der Waals surface area contributed by atoms with E-state index in [1.807, 2.05) is 0 Å². The highest BCUT2D eigenvalue weighted by Gasteiger charge is 2.11. The average Bonchev–Trinajstić information content (AvgIpc) is 2.50. The van der Waals surface area contributed by atoms with Crippen LogP contribution >= 0.6 is 38.9 Å². The molecule has 6 heteroatoms. The monoisotopic (exact) mass is 306 g/mol. The van der Waals surface area contributed by atoms with Crippen molar-refractivity contribution in [3.8, 4) is 11.3 Å². The van der Waals surface area contributed by atoms with Gasteiger partial charge in [0.1, 0.15) is 5.82 Å². The molecule has 0 saturated carbocycles. The molecule has 2 rings (SSSR count). The number of benzene rings is 1. The first-order chi connectivity index (χ1) is 7.08. The van der Waals surface area contributed by atoms with Gasteiger partial charge in [0, 0.05) is 5.56 Å². The largest absolute Gasteiger partial charge is 0.375 e. The molecule has 0 atom stereocenters. The third-order valence-electron chi connectivity index (χ3n) is 1.80. The summed E-state index contributed by atoms with van der Waals surface area (Å²) in [4.78, 5) is 4.12. The highest BCUT2D eigenvalue weighted by atomic mass is 79.9. The smallest absolute Gasteiger partial charge is 0.181 e. The fourth-order valence-electron chi connectivity index (χ4n) is 1.14. The molecule has 0 spiro atoms. The lowest BCUT2D eigenvalue weighted by Gasteiger charge is -1.99. The van der Waals surface area contributed by atoms with Crippen LogP contribution in [0.1, 0.15) is 0 Å². The second-order valence-corrected chi connectivity index (χ2v) is 5.56. The zero-order valence-electron chi connectivity index (χ0n) is 7.30. The fourth-order valence-corrected chi connectivity index (χ4v) is 2.71. The number of nitrogen functional groups attached to an aromatic ring is 1. The molecule has 0 saturated heterocycles. The Balaban J connectivity index is 2.54. The predicted molar refractivity (Wildman–Crippen MR) is 64.6 cm³/mol. The van der Waals surface area contributed by atoms with E-state index in [0.717, 1.165) is 9.35 Å². The van der Waals surface area contributed by atoms with Crippen LogP contribution in [0, 0.1) is 5.82 Å². The Morgan fingerprint density at radius 2 is 2.20 bits per heavy atom. The van der Waals surface area contributed by atoms with E-state index in [-0.39, 0.29) is 5.02 Å². The van der Waals surface area contributed by atoms with Crippen LogP contribution in [0.4, 0.5) is 9.52 Å². The van der Waals surface area contributed by atoms with Crippen LogP contribution in [0.5, 0.6) is 0 Å². The molecule has 2 nitrogen and oxygen atoms in total. The van der Waals surface area contributed by atoms with Crippen LogP contribution in [0.2, 0.25) is 5.02 Å². The summed E-state index contributed by atoms with van der Waals surface area (Å²) in [6, 6.07) is 4.44. The maximum absolute atomic E-state index is 12.9. The Kier molecular flexibility index (Phi) is 2.95. The third kappa shape index (κ3) is 2.14. The normalized spacial score (nSPS) is 10.6. The maximum atomic E-state index is 12.9. The van der Waals surface area contributed by atoms with E-state index in [9.17, 15) is 4.39 Å². The van der Waals surface area contributed by atoms with E-state index < -0.39 is 5.82 Å². The lowest BCUT2D eigenvalue weighted by atomic mass is 10.2. The molecule has 0 amide bonds. The highest BCUT2D eigenvalue weighted by Crippen LogP contribution is 2.35. The van der Waals surface area contributed by atoms with Crippen molar-refractivity contribution in [2.24, 2.45) is 0 Å². The van der Waals surface area contributed by atoms with Crippen LogP contribution < -0.4 is 5.73 Å². The summed E-state index contributed by atoms with van der Waals surface area (Å²) in [6.45, 7) is 0. The molecular weight excluding hydrogens is 303 g/mol. The number of anilines is 1. The van der Waals surface area contributed by atoms with Gasteiger partial charge in [0.2, 0.25) is 0 Å². The molecule has 78 valence electrons. The van der Waals surface area contributed by atoms with Gasteiger partial charge in [-0.25, -0.2) is 9.37 Å². The summed E-state index contributed by atoms with van der Waals surface area (Å²) in [5, 5.41) is 0.531. The number of hydrogen-bond donors (Lipinski definition) is 1. The van der Waals surface area contributed by atoms with Gasteiger partial charge in [0.15, 0.2) is 5.13 Å². The number of hydrogen-bond acceptors (Lipinski definition) is 3. The van der Waals surface area contributed by atoms with Gasteiger partial charge in [-0.15, -0.1) is 0 Å². The van der Waals surface area contributed by atoms with Gasteiger partial charge in [-0.1, -0.05) is 22.9 Å². The average molecular weight is 308 g/mol. The van der Waals surface area contributed by atoms with Gasteiger partial charge in [0.25, 0.3) is 0 Å². The molecule has 1 heterocycles. The lowest BCUT2D eigenvalue weighted by molar-refractivity contribution is 0.628. The summed E-state index contributed by atoms with van der Waals surface area (Å²) < 4.78 is 13.7. The first-order valence-corrected chi connectivity index (χ1v) is 5.94. The number of rotatable bonds is 1. The van der Waals surface area contributed by atoms with Gasteiger partial charge in [-0.05, 0) is 34.1 Å². The van der Waals surface area contributed by atoms with Gasteiger partial charge in [-0.3, -0.25) is 0 Å². The van der Waals surface area contributed by atoms with Crippen LogP contribution in [-0.2, 0) is 0 Å². The SMILES string of the molecule is Nc1nc(-c2ccc(F)c(Cl)c2)c(Br)s1. The molecular formula is C9H5BrClFN2S. The first kappa shape index (κ1) is 10.9. The number of halogens is 3. The van der Waals surface area contributed by atoms with Crippen LogP contribution in [0.25, 0.3) is 11.3 Å². The van der Waals surface area contributed by atoms with E-state index in [4.69, 9.17) is 17.3 Å². The number of nitrogens with zero attached hydrogens (tertiary/aromatic N) is 1. The molecule has 0 aliphatic carbocycles. The Labute approximate surface area is 103 Å². The van der Waals surface area contributed by atoms with Crippen molar-refractivity contribution in [1.82, 2.24) is 4.98 Å². The molecule has 1 aromatic carbocycles. The van der Waals surface area contributed by atoms with Crippen LogP contribution in [0.15, 0.2) is 22.0 Å². The summed E-state index contributed by atoms with van der Waals surface area (Å²) in [7, 11) is 0. The topological polar surface area (TPSA) is 38.9 Å². The Morgan fingerprint density at radius 3 is 2.73 bits per heavy atom. The molecule has 2 aromatic rings. The lowest BCUT2D eigenvalue weighted by Crippen LogP contribution is -1.84. The Morgan fingerprint density at radius 1 is 1.47 bits per heavy atom. The summed E-state index contributed by atoms with van der Waals surface area (Å²) in [5.41, 5.74) is 6.97. The molecule has 0 fully saturated rings. The van der Waals surface area contributed by atoms with E-state index in [0.29, 0.717) is 10.8 Å². The van der Waals surface area contributed by atoms with Crippen molar-refractivity contribution in [2.75, 3.05) is 5.73 Å². The first-order valence-electron chi connectivity index (χ1n) is 3.95. The van der Waals surface area contributed by atoms with Crippen molar-refractivity contribution in [3.05, 3.63) is 32.8 Å². The minimum atomic E-state index is -0.445. The van der Waals surface area contributed by atoms with Crippen molar-refractivity contribution >= 4 is 44.0 Å². The molecule has 15 heavy (non-hydrogen) atoms. The van der Waals surface area contributed by atoms with E-state index in [1.165, 1.54) is 23.5 Å². The molecule has 0 bridgehead atoms. The molecule has 0 radical (unpaired) electrons. The summed E-state index contributed by atoms with van der Waals surface area (Å²) in [5.74, 6) is -0.445. The predicted octanol–water partition coefficient (Wildman–Crippen LogP) is 3.95. The van der Waals surface area contributed by atoms with Crippen molar-refractivity contribution < 1.29 is 4.39 Å². The molecule has 2 N–H and O–H groups in total. The zero-order valence-corrected chi connectivity index (χ0v) is 10.5. The minimum absolute atomic E-state index is 0.0750. The molecule has 0 aliphatic rings. The van der Waals surface area contributed by atoms with Crippen LogP contribution in [-0.4, -0.2) is 4.98 Å². The van der Waals surface area contributed by atoms with Crippen molar-refractivity contribution in [3.63, 3.8) is 0 Å². The fraction of sp³-hybridized carbons (Fsp3) is 0. The zero-order chi connectivity index (χ0) is 11.0. The third-order valence-corrected chi connectivity index (χ3v) is 3.62. The van der Waals surface area contributed by atoms with Crippen molar-refractivity contribution in [1.29, 1.82) is 0 Å². The number of thiazole rings is 1. The summed E-state index contributed by atoms with van der Waals surface area (Å²) >= 11 is 10.3. The quantitative estimate of drug-likeness (QED) is 0.866. The maximum Gasteiger partial charge on any atom is 0.181 e. The Bertz CT molecular complexity index is 515. The standard InChI is InChI=1S/C9H5BrClFN2S/c10-8-7(14-9(13)15-8)4-1-2-6(12)5(11)3-4/h1-3H,(H2,13,14). The van der Waals surface area contributed by atoms with Crippen molar-refractivity contribution in [2.45, 2.75) is 0 Å². The number of aromatic nitrogens is 1. The molecule has 1 aromatic heterocycles. The Hall–Kier alpha value is -0.650. The van der Waals surface area contributed by atoms with E-state index in [1.54, 1.807) is 6.07 Å². The van der Waals surface area contributed by atoms with Gasteiger partial charge in [0.05, 0.1) is 14.5 Å². The second kappa shape index (κ2) is 4.08. The minimum Gasteiger partial charge on any atom is -0.375 e. The molecule has 0 unspecified atom stereocenters. The number of nitrogens with two attached hydrogens (primary N) is 1. The van der Waals surface area contributed by atoms with E-state index in [2.05, 4.69) is 20.9 Å². The van der Waals surface area contributed by atoms with E-state index >= 15 is 0 Å². The second-order valence-electron chi connectivity index (χ2n) is 2.80. The highest BCUT2D eigenvalue weighted by molar-refractivity contribution is 9.11. The summed E-state index contributed by atoms with van der Waals surface area (Å²) in [6.07, 6.45) is 0. The van der Waals surface area contributed by atoms with Crippen LogP contribution in [0.3, 0.4) is 0 Å². The van der Waals surface area contributed by atoms with Gasteiger partial charge < -0.3 is 5.73 Å². The molecule has 0 aliphatic heterocycles. The van der Waals surface area contributed by atoms with Gasteiger partial charge in [-0.2, -0.15) is 0 Å². The van der Waals surface area contributed by atoms with Gasteiger partial charge >= 0.3 is 0 Å².